The topological polar surface area (TPSA) is 15.6 Å². The molecule has 0 saturated carbocycles. The fourth-order valence-corrected chi connectivity index (χ4v) is 3.06. The maximum atomic E-state index is 4.92. The van der Waals surface area contributed by atoms with Gasteiger partial charge in [-0.2, -0.15) is 0 Å². The highest BCUT2D eigenvalue weighted by atomic mass is 15.2. The Labute approximate surface area is 168 Å². The molecule has 0 radical (unpaired) electrons. The summed E-state index contributed by atoms with van der Waals surface area (Å²) in [5.41, 5.74) is 6.55. The Morgan fingerprint density at radius 2 is 1.71 bits per heavy atom. The molecule has 0 aromatic heterocycles. The highest BCUT2D eigenvalue weighted by Crippen LogP contribution is 2.37. The Morgan fingerprint density at radius 3 is 2.46 bits per heavy atom. The van der Waals surface area contributed by atoms with Gasteiger partial charge in [-0.3, -0.25) is 0 Å². The number of aliphatic imine (C=N–C) groups is 1. The first-order chi connectivity index (χ1) is 13.6. The predicted molar refractivity (Wildman–Crippen MR) is 123 cm³/mol. The zero-order chi connectivity index (χ0) is 19.9. The van der Waals surface area contributed by atoms with Gasteiger partial charge in [-0.05, 0) is 43.2 Å². The van der Waals surface area contributed by atoms with Gasteiger partial charge in [0.25, 0.3) is 0 Å². The molecule has 1 aliphatic heterocycles. The zero-order valence-corrected chi connectivity index (χ0v) is 16.8. The second-order valence-corrected chi connectivity index (χ2v) is 6.69. The lowest BCUT2D eigenvalue weighted by Gasteiger charge is -2.13. The number of fused-ring (bicyclic) bond motifs is 1. The van der Waals surface area contributed by atoms with Crippen LogP contribution in [0, 0.1) is 0 Å². The van der Waals surface area contributed by atoms with Crippen molar-refractivity contribution in [1.82, 2.24) is 0 Å². The first-order valence-electron chi connectivity index (χ1n) is 9.46. The van der Waals surface area contributed by atoms with Crippen LogP contribution < -0.4 is 4.90 Å². The van der Waals surface area contributed by atoms with Crippen LogP contribution in [0.1, 0.15) is 19.4 Å². The van der Waals surface area contributed by atoms with E-state index in [0.29, 0.717) is 0 Å². The molecule has 2 aromatic carbocycles. The number of amidine groups is 1. The van der Waals surface area contributed by atoms with E-state index in [1.54, 1.807) is 0 Å². The summed E-state index contributed by atoms with van der Waals surface area (Å²) in [6, 6.07) is 18.5. The molecule has 0 N–H and O–H groups in total. The minimum absolute atomic E-state index is 0.947. The molecule has 1 aliphatic rings. The number of rotatable bonds is 5. The maximum Gasteiger partial charge on any atom is 0.141 e. The van der Waals surface area contributed by atoms with Gasteiger partial charge >= 0.3 is 0 Å². The van der Waals surface area contributed by atoms with E-state index in [4.69, 9.17) is 4.99 Å². The van der Waals surface area contributed by atoms with Crippen LogP contribution in [0.5, 0.6) is 0 Å². The SMILES string of the molecule is C=C(/C=C\C=C/C)/C(C)=C/C=C1\C(=Nc2ccccc2)N(C)c2ccccc21. The van der Waals surface area contributed by atoms with Crippen molar-refractivity contribution in [2.75, 3.05) is 11.9 Å². The largest absolute Gasteiger partial charge is 0.328 e. The molecule has 3 rings (SSSR count). The van der Waals surface area contributed by atoms with Crippen molar-refractivity contribution in [3.63, 3.8) is 0 Å². The van der Waals surface area contributed by atoms with E-state index in [1.807, 2.05) is 61.6 Å². The normalized spacial score (nSPS) is 17.2. The maximum absolute atomic E-state index is 4.92. The van der Waals surface area contributed by atoms with E-state index in [1.165, 1.54) is 11.3 Å². The van der Waals surface area contributed by atoms with Crippen molar-refractivity contribution >= 4 is 22.8 Å². The molecule has 0 bridgehead atoms. The average Bonchev–Trinajstić information content (AvgIpc) is 2.98. The molecule has 1 heterocycles. The van der Waals surface area contributed by atoms with Crippen molar-refractivity contribution in [1.29, 1.82) is 0 Å². The molecule has 2 heteroatoms. The fraction of sp³-hybridized carbons (Fsp3) is 0.115. The van der Waals surface area contributed by atoms with E-state index >= 15 is 0 Å². The third-order valence-electron chi connectivity index (χ3n) is 4.71. The molecule has 0 fully saturated rings. The Morgan fingerprint density at radius 1 is 1.00 bits per heavy atom. The molecule has 2 aromatic rings. The molecule has 140 valence electrons. The highest BCUT2D eigenvalue weighted by Gasteiger charge is 2.27. The van der Waals surface area contributed by atoms with E-state index in [0.717, 1.165) is 28.2 Å². The van der Waals surface area contributed by atoms with Crippen LogP contribution in [0.15, 0.2) is 114 Å². The Kier molecular flexibility index (Phi) is 6.23. The molecule has 0 amide bonds. The summed E-state index contributed by atoms with van der Waals surface area (Å²) >= 11 is 0. The van der Waals surface area contributed by atoms with E-state index in [-0.39, 0.29) is 0 Å². The van der Waals surface area contributed by atoms with Gasteiger partial charge in [0.2, 0.25) is 0 Å². The van der Waals surface area contributed by atoms with Gasteiger partial charge in [0.1, 0.15) is 5.84 Å². The number of anilines is 1. The molecule has 0 saturated heterocycles. The number of para-hydroxylation sites is 2. The third kappa shape index (κ3) is 4.29. The molecular weight excluding hydrogens is 340 g/mol. The lowest BCUT2D eigenvalue weighted by atomic mass is 10.0. The Bertz CT molecular complexity index is 1000. The number of hydrogen-bond donors (Lipinski definition) is 0. The predicted octanol–water partition coefficient (Wildman–Crippen LogP) is 6.88. The number of benzene rings is 2. The van der Waals surface area contributed by atoms with Gasteiger partial charge in [-0.15, -0.1) is 0 Å². The Balaban J connectivity index is 2.02. The quantitative estimate of drug-likeness (QED) is 0.526. The summed E-state index contributed by atoms with van der Waals surface area (Å²) in [7, 11) is 2.07. The molecule has 2 nitrogen and oxygen atoms in total. The second kappa shape index (κ2) is 9.01. The summed E-state index contributed by atoms with van der Waals surface area (Å²) in [6.45, 7) is 8.24. The standard InChI is InChI=1S/C26H26N2/c1-5-6-8-13-20(2)21(3)18-19-24-23-16-11-12-17-25(23)28(4)26(24)27-22-14-9-7-10-15-22/h5-19H,2H2,1,3-4H3/b6-5-,13-8-,21-18+,24-19-,27-26?. The summed E-state index contributed by atoms with van der Waals surface area (Å²) in [4.78, 5) is 7.07. The minimum atomic E-state index is 0.947. The van der Waals surface area contributed by atoms with Gasteiger partial charge in [-0.1, -0.05) is 79.4 Å². The number of nitrogens with zero attached hydrogens (tertiary/aromatic N) is 2. The van der Waals surface area contributed by atoms with Crippen LogP contribution in [-0.4, -0.2) is 12.9 Å². The summed E-state index contributed by atoms with van der Waals surface area (Å²) in [5.74, 6) is 0.950. The molecule has 0 unspecified atom stereocenters. The number of allylic oxidation sites excluding steroid dienone is 8. The first-order valence-corrected chi connectivity index (χ1v) is 9.46. The van der Waals surface area contributed by atoms with Crippen molar-refractivity contribution < 1.29 is 0 Å². The van der Waals surface area contributed by atoms with Crippen LogP contribution in [-0.2, 0) is 0 Å². The number of hydrogen-bond acceptors (Lipinski definition) is 1. The van der Waals surface area contributed by atoms with Gasteiger partial charge < -0.3 is 4.90 Å². The van der Waals surface area contributed by atoms with Crippen LogP contribution in [0.4, 0.5) is 11.4 Å². The second-order valence-electron chi connectivity index (χ2n) is 6.69. The van der Waals surface area contributed by atoms with E-state index < -0.39 is 0 Å². The minimum Gasteiger partial charge on any atom is -0.328 e. The van der Waals surface area contributed by atoms with Crippen molar-refractivity contribution in [3.8, 4) is 0 Å². The van der Waals surface area contributed by atoms with Crippen LogP contribution >= 0.6 is 0 Å². The van der Waals surface area contributed by atoms with E-state index in [9.17, 15) is 0 Å². The smallest absolute Gasteiger partial charge is 0.141 e. The third-order valence-corrected chi connectivity index (χ3v) is 4.71. The lowest BCUT2D eigenvalue weighted by Crippen LogP contribution is -2.20. The van der Waals surface area contributed by atoms with Crippen LogP contribution in [0.2, 0.25) is 0 Å². The summed E-state index contributed by atoms with van der Waals surface area (Å²) in [5, 5.41) is 0. The van der Waals surface area contributed by atoms with Crippen molar-refractivity contribution in [2.24, 2.45) is 4.99 Å². The lowest BCUT2D eigenvalue weighted by molar-refractivity contribution is 1.29. The molecule has 0 spiro atoms. The molecular formula is C26H26N2. The van der Waals surface area contributed by atoms with Crippen molar-refractivity contribution in [3.05, 3.63) is 114 Å². The van der Waals surface area contributed by atoms with Crippen molar-refractivity contribution in [2.45, 2.75) is 13.8 Å². The van der Waals surface area contributed by atoms with Gasteiger partial charge in [0.15, 0.2) is 0 Å². The van der Waals surface area contributed by atoms with E-state index in [2.05, 4.69) is 61.9 Å². The summed E-state index contributed by atoms with van der Waals surface area (Å²) < 4.78 is 0. The Hall–Kier alpha value is -3.39. The average molecular weight is 367 g/mol. The van der Waals surface area contributed by atoms with Crippen LogP contribution in [0.25, 0.3) is 5.57 Å². The monoisotopic (exact) mass is 366 g/mol. The first kappa shape index (κ1) is 19.4. The molecule has 0 atom stereocenters. The fourth-order valence-electron chi connectivity index (χ4n) is 3.06. The molecule has 0 aliphatic carbocycles. The van der Waals surface area contributed by atoms with Crippen LogP contribution in [0.3, 0.4) is 0 Å². The highest BCUT2D eigenvalue weighted by molar-refractivity contribution is 6.35. The zero-order valence-electron chi connectivity index (χ0n) is 16.8. The van der Waals surface area contributed by atoms with Gasteiger partial charge in [0.05, 0.1) is 11.4 Å². The number of likely N-dealkylation sites (N-methyl/N-ethyl adjacent to an activating group) is 1. The molecule has 28 heavy (non-hydrogen) atoms. The van der Waals surface area contributed by atoms with Gasteiger partial charge in [-0.25, -0.2) is 4.99 Å². The van der Waals surface area contributed by atoms with Gasteiger partial charge in [0, 0.05) is 18.2 Å². The summed E-state index contributed by atoms with van der Waals surface area (Å²) in [6.07, 6.45) is 12.3.